The third kappa shape index (κ3) is 3.36. The number of hydrogen-bond donors (Lipinski definition) is 1. The number of rotatable bonds is 4. The van der Waals surface area contributed by atoms with Gasteiger partial charge >= 0.3 is 0 Å². The number of benzene rings is 2. The average molecular weight is 301 g/mol. The van der Waals surface area contributed by atoms with E-state index in [1.165, 1.54) is 6.07 Å². The molecule has 1 aliphatic rings. The highest BCUT2D eigenvalue weighted by atomic mass is 19.1. The summed E-state index contributed by atoms with van der Waals surface area (Å²) in [6.07, 6.45) is 0.213. The number of fused-ring (bicyclic) bond motifs is 1. The van der Waals surface area contributed by atoms with Gasteiger partial charge < -0.3 is 14.8 Å². The van der Waals surface area contributed by atoms with Gasteiger partial charge in [0.15, 0.2) is 11.5 Å². The molecule has 2 aromatic rings. The number of amides is 1. The minimum absolute atomic E-state index is 0.167. The summed E-state index contributed by atoms with van der Waals surface area (Å²) < 4.78 is 24.4. The Bertz CT molecular complexity index is 687. The third-order valence-electron chi connectivity index (χ3n) is 3.41. The van der Waals surface area contributed by atoms with Crippen molar-refractivity contribution in [3.05, 3.63) is 59.4 Å². The first-order valence-corrected chi connectivity index (χ1v) is 7.11. The maximum Gasteiger partial charge on any atom is 0.224 e. The maximum atomic E-state index is 13.5. The van der Waals surface area contributed by atoms with Gasteiger partial charge in [-0.2, -0.15) is 0 Å². The van der Waals surface area contributed by atoms with Crippen molar-refractivity contribution >= 4 is 5.91 Å². The monoisotopic (exact) mass is 301 g/mol. The summed E-state index contributed by atoms with van der Waals surface area (Å²) >= 11 is 0. The van der Waals surface area contributed by atoms with Gasteiger partial charge in [-0.15, -0.1) is 0 Å². The first-order chi connectivity index (χ1) is 10.7. The van der Waals surface area contributed by atoms with Crippen molar-refractivity contribution in [2.45, 2.75) is 13.0 Å². The smallest absolute Gasteiger partial charge is 0.224 e. The van der Waals surface area contributed by atoms with Gasteiger partial charge in [0, 0.05) is 12.1 Å². The quantitative estimate of drug-likeness (QED) is 0.943. The summed E-state index contributed by atoms with van der Waals surface area (Å²) in [6, 6.07) is 11.8. The fourth-order valence-corrected chi connectivity index (χ4v) is 2.28. The molecule has 0 bridgehead atoms. The number of carbonyl (C=O) groups is 1. The minimum Gasteiger partial charge on any atom is -0.486 e. The highest BCUT2D eigenvalue weighted by Gasteiger charge is 2.13. The lowest BCUT2D eigenvalue weighted by molar-refractivity contribution is -0.120. The van der Waals surface area contributed by atoms with E-state index in [0.29, 0.717) is 30.3 Å². The van der Waals surface area contributed by atoms with Gasteiger partial charge in [0.25, 0.3) is 0 Å². The summed E-state index contributed by atoms with van der Waals surface area (Å²) in [5, 5.41) is 2.72. The number of halogens is 1. The molecule has 1 aliphatic heterocycles. The molecule has 0 saturated heterocycles. The second-order valence-electron chi connectivity index (χ2n) is 5.02. The third-order valence-corrected chi connectivity index (χ3v) is 3.41. The Kier molecular flexibility index (Phi) is 4.23. The average Bonchev–Trinajstić information content (AvgIpc) is 2.54. The Labute approximate surface area is 127 Å². The van der Waals surface area contributed by atoms with Crippen LogP contribution in [0.2, 0.25) is 0 Å². The first kappa shape index (κ1) is 14.4. The maximum absolute atomic E-state index is 13.5. The van der Waals surface area contributed by atoms with Gasteiger partial charge in [-0.3, -0.25) is 4.79 Å². The molecule has 0 spiro atoms. The van der Waals surface area contributed by atoms with Crippen molar-refractivity contribution < 1.29 is 18.7 Å². The molecule has 3 rings (SSSR count). The van der Waals surface area contributed by atoms with Crippen molar-refractivity contribution in [1.29, 1.82) is 0 Å². The highest BCUT2D eigenvalue weighted by Crippen LogP contribution is 2.30. The van der Waals surface area contributed by atoms with Crippen LogP contribution in [0.3, 0.4) is 0 Å². The molecule has 1 N–H and O–H groups in total. The fourth-order valence-electron chi connectivity index (χ4n) is 2.28. The number of ether oxygens (including phenoxy) is 2. The predicted molar refractivity (Wildman–Crippen MR) is 79.4 cm³/mol. The first-order valence-electron chi connectivity index (χ1n) is 7.11. The molecule has 0 atom stereocenters. The van der Waals surface area contributed by atoms with Crippen LogP contribution in [0.15, 0.2) is 42.5 Å². The lowest BCUT2D eigenvalue weighted by Crippen LogP contribution is -2.25. The minimum atomic E-state index is -0.317. The summed E-state index contributed by atoms with van der Waals surface area (Å²) in [5.74, 6) is 0.870. The summed E-state index contributed by atoms with van der Waals surface area (Å²) in [4.78, 5) is 12.0. The molecule has 1 amide bonds. The largest absolute Gasteiger partial charge is 0.486 e. The Hall–Kier alpha value is -2.56. The summed E-state index contributed by atoms with van der Waals surface area (Å²) in [7, 11) is 0. The van der Waals surface area contributed by atoms with E-state index in [1.807, 2.05) is 6.07 Å². The van der Waals surface area contributed by atoms with Crippen molar-refractivity contribution in [2.24, 2.45) is 0 Å². The lowest BCUT2D eigenvalue weighted by atomic mass is 10.1. The molecule has 0 radical (unpaired) electrons. The number of carbonyl (C=O) groups excluding carboxylic acids is 1. The number of nitrogens with one attached hydrogen (secondary N) is 1. The Morgan fingerprint density at radius 2 is 1.86 bits per heavy atom. The normalized spacial score (nSPS) is 12.8. The highest BCUT2D eigenvalue weighted by molar-refractivity contribution is 5.78. The molecule has 0 fully saturated rings. The van der Waals surface area contributed by atoms with Crippen LogP contribution >= 0.6 is 0 Å². The van der Waals surface area contributed by atoms with Crippen LogP contribution < -0.4 is 14.8 Å². The van der Waals surface area contributed by atoms with E-state index in [4.69, 9.17) is 9.47 Å². The molecular formula is C17H16FNO3. The molecule has 0 saturated carbocycles. The van der Waals surface area contributed by atoms with E-state index in [1.54, 1.807) is 30.3 Å². The van der Waals surface area contributed by atoms with Crippen LogP contribution in [0.5, 0.6) is 11.5 Å². The van der Waals surface area contributed by atoms with Gasteiger partial charge in [-0.05, 0) is 23.8 Å². The molecule has 4 nitrogen and oxygen atoms in total. The van der Waals surface area contributed by atoms with E-state index in [9.17, 15) is 9.18 Å². The SMILES string of the molecule is O=C(Cc1ccc2c(c1)OCCO2)NCc1ccccc1F. The van der Waals surface area contributed by atoms with E-state index >= 15 is 0 Å². The van der Waals surface area contributed by atoms with Crippen molar-refractivity contribution in [1.82, 2.24) is 5.32 Å². The van der Waals surface area contributed by atoms with E-state index in [-0.39, 0.29) is 24.7 Å². The second-order valence-corrected chi connectivity index (χ2v) is 5.02. The predicted octanol–water partition coefficient (Wildman–Crippen LogP) is 2.46. The van der Waals surface area contributed by atoms with Gasteiger partial charge in [-0.25, -0.2) is 4.39 Å². The van der Waals surface area contributed by atoms with Crippen LogP contribution in [0.4, 0.5) is 4.39 Å². The summed E-state index contributed by atoms with van der Waals surface area (Å²) in [5.41, 5.74) is 1.30. The van der Waals surface area contributed by atoms with Crippen LogP contribution in [-0.4, -0.2) is 19.1 Å². The topological polar surface area (TPSA) is 47.6 Å². The molecule has 2 aromatic carbocycles. The van der Waals surface area contributed by atoms with Crippen LogP contribution in [0.25, 0.3) is 0 Å². The Morgan fingerprint density at radius 3 is 2.68 bits per heavy atom. The zero-order valence-electron chi connectivity index (χ0n) is 12.0. The van der Waals surface area contributed by atoms with E-state index < -0.39 is 0 Å². The van der Waals surface area contributed by atoms with Crippen molar-refractivity contribution in [2.75, 3.05) is 13.2 Å². The molecular weight excluding hydrogens is 285 g/mol. The molecule has 0 unspecified atom stereocenters. The zero-order valence-corrected chi connectivity index (χ0v) is 12.0. The molecule has 22 heavy (non-hydrogen) atoms. The zero-order chi connectivity index (χ0) is 15.4. The van der Waals surface area contributed by atoms with E-state index in [0.717, 1.165) is 5.56 Å². The molecule has 1 heterocycles. The Balaban J connectivity index is 1.59. The van der Waals surface area contributed by atoms with Crippen LogP contribution in [0.1, 0.15) is 11.1 Å². The fraction of sp³-hybridized carbons (Fsp3) is 0.235. The molecule has 0 aliphatic carbocycles. The standard InChI is InChI=1S/C17H16FNO3/c18-14-4-2-1-3-13(14)11-19-17(20)10-12-5-6-15-16(9-12)22-8-7-21-15/h1-6,9H,7-8,10-11H2,(H,19,20). The van der Waals surface area contributed by atoms with E-state index in [2.05, 4.69) is 5.32 Å². The Morgan fingerprint density at radius 1 is 1.09 bits per heavy atom. The van der Waals surface area contributed by atoms with Crippen LogP contribution in [0, 0.1) is 5.82 Å². The van der Waals surface area contributed by atoms with Crippen molar-refractivity contribution in [3.63, 3.8) is 0 Å². The van der Waals surface area contributed by atoms with Gasteiger partial charge in [0.05, 0.1) is 6.42 Å². The van der Waals surface area contributed by atoms with Crippen molar-refractivity contribution in [3.8, 4) is 11.5 Å². The van der Waals surface area contributed by atoms with Crippen LogP contribution in [-0.2, 0) is 17.8 Å². The molecule has 0 aromatic heterocycles. The summed E-state index contributed by atoms with van der Waals surface area (Å²) in [6.45, 7) is 1.22. The molecule has 5 heteroatoms. The van der Waals surface area contributed by atoms with Gasteiger partial charge in [0.2, 0.25) is 5.91 Å². The lowest BCUT2D eigenvalue weighted by Gasteiger charge is -2.18. The molecule has 114 valence electrons. The van der Waals surface area contributed by atoms with Gasteiger partial charge in [-0.1, -0.05) is 24.3 Å². The van der Waals surface area contributed by atoms with Gasteiger partial charge in [0.1, 0.15) is 19.0 Å². The number of hydrogen-bond acceptors (Lipinski definition) is 3. The second kappa shape index (κ2) is 6.47.